The fourth-order valence-corrected chi connectivity index (χ4v) is 1.82. The van der Waals surface area contributed by atoms with Crippen LogP contribution in [0.15, 0.2) is 18.2 Å². The second-order valence-corrected chi connectivity index (χ2v) is 5.09. The third-order valence-corrected chi connectivity index (χ3v) is 3.29. The molecule has 0 aromatic heterocycles. The topological polar surface area (TPSA) is 41.6 Å². The Bertz CT molecular complexity index is 457. The van der Waals surface area contributed by atoms with Crippen molar-refractivity contribution in [2.24, 2.45) is 0 Å². The van der Waals surface area contributed by atoms with Gasteiger partial charge >= 0.3 is 0 Å². The van der Waals surface area contributed by atoms with Gasteiger partial charge in [0.05, 0.1) is 5.69 Å². The molecule has 1 heterocycles. The van der Waals surface area contributed by atoms with Crippen molar-refractivity contribution in [3.63, 3.8) is 0 Å². The van der Waals surface area contributed by atoms with Crippen LogP contribution in [0.25, 0.3) is 0 Å². The summed E-state index contributed by atoms with van der Waals surface area (Å²) < 4.78 is 5.53. The van der Waals surface area contributed by atoms with Gasteiger partial charge < -0.3 is 10.1 Å². The summed E-state index contributed by atoms with van der Waals surface area (Å²) in [6, 6.07) is 6.45. The van der Waals surface area contributed by atoms with Crippen LogP contribution in [-0.2, 0) is 11.3 Å². The molecule has 0 saturated carbocycles. The second kappa shape index (κ2) is 4.98. The van der Waals surface area contributed by atoms with Gasteiger partial charge in [-0.2, -0.15) is 0 Å². The monoisotopic (exact) mass is 248 g/mol. The highest BCUT2D eigenvalue weighted by molar-refractivity contribution is 5.97. The molecule has 1 amide bonds. The number of carbonyl (C=O) groups is 1. The van der Waals surface area contributed by atoms with Crippen LogP contribution in [0, 0.1) is 0 Å². The van der Waals surface area contributed by atoms with Gasteiger partial charge in [0, 0.05) is 12.6 Å². The lowest BCUT2D eigenvalue weighted by Gasteiger charge is -2.25. The zero-order valence-electron chi connectivity index (χ0n) is 11.4. The average Bonchev–Trinajstić information content (AvgIpc) is 2.31. The first kappa shape index (κ1) is 12.9. The number of amides is 1. The number of anilines is 1. The third kappa shape index (κ3) is 2.64. The van der Waals surface area contributed by atoms with Gasteiger partial charge in [0.1, 0.15) is 5.75 Å². The zero-order chi connectivity index (χ0) is 13.3. The molecule has 1 unspecified atom stereocenters. The third-order valence-electron chi connectivity index (χ3n) is 3.29. The van der Waals surface area contributed by atoms with Crippen molar-refractivity contribution in [1.82, 2.24) is 4.90 Å². The van der Waals surface area contributed by atoms with Crippen LogP contribution >= 0.6 is 0 Å². The van der Waals surface area contributed by atoms with E-state index < -0.39 is 6.10 Å². The molecular weight excluding hydrogens is 228 g/mol. The summed E-state index contributed by atoms with van der Waals surface area (Å²) in [5.74, 6) is 0.662. The fourth-order valence-electron chi connectivity index (χ4n) is 1.82. The van der Waals surface area contributed by atoms with Crippen LogP contribution in [0.4, 0.5) is 5.69 Å². The molecule has 98 valence electrons. The van der Waals surface area contributed by atoms with Crippen molar-refractivity contribution in [3.8, 4) is 5.75 Å². The van der Waals surface area contributed by atoms with E-state index in [4.69, 9.17) is 4.74 Å². The number of hydrogen-bond donors (Lipinski definition) is 1. The molecule has 0 aliphatic carbocycles. The van der Waals surface area contributed by atoms with Crippen molar-refractivity contribution in [2.75, 3.05) is 12.4 Å². The number of nitrogens with one attached hydrogen (secondary N) is 1. The number of hydrogen-bond acceptors (Lipinski definition) is 3. The Kier molecular flexibility index (Phi) is 3.57. The molecule has 0 radical (unpaired) electrons. The minimum absolute atomic E-state index is 0.0862. The van der Waals surface area contributed by atoms with Gasteiger partial charge in [0.2, 0.25) is 0 Å². The molecule has 1 aliphatic heterocycles. The van der Waals surface area contributed by atoms with Gasteiger partial charge in [0.15, 0.2) is 6.10 Å². The normalized spacial score (nSPS) is 18.6. The van der Waals surface area contributed by atoms with E-state index in [0.29, 0.717) is 6.04 Å². The molecule has 1 aromatic carbocycles. The summed E-state index contributed by atoms with van der Waals surface area (Å²) in [5, 5.41) is 2.87. The van der Waals surface area contributed by atoms with Crippen LogP contribution in [-0.4, -0.2) is 30.0 Å². The van der Waals surface area contributed by atoms with E-state index in [1.54, 1.807) is 6.92 Å². The first-order valence-electron chi connectivity index (χ1n) is 6.28. The standard InChI is InChI=1S/C14H20N2O2/c1-9(2)16(4)8-11-5-6-13-12(7-11)15-14(17)10(3)18-13/h5-7,9-10H,8H2,1-4H3,(H,15,17). The summed E-state index contributed by atoms with van der Waals surface area (Å²) in [5.41, 5.74) is 1.94. The van der Waals surface area contributed by atoms with E-state index in [1.807, 2.05) is 18.2 Å². The highest BCUT2D eigenvalue weighted by Gasteiger charge is 2.23. The number of rotatable bonds is 3. The molecule has 1 aromatic rings. The van der Waals surface area contributed by atoms with Crippen LogP contribution in [0.2, 0.25) is 0 Å². The van der Waals surface area contributed by atoms with Gasteiger partial charge in [-0.15, -0.1) is 0 Å². The fraction of sp³-hybridized carbons (Fsp3) is 0.500. The number of nitrogens with zero attached hydrogens (tertiary/aromatic N) is 1. The maximum Gasteiger partial charge on any atom is 0.265 e. The summed E-state index contributed by atoms with van der Waals surface area (Å²) in [6.07, 6.45) is -0.415. The highest BCUT2D eigenvalue weighted by atomic mass is 16.5. The first-order chi connectivity index (χ1) is 8.47. The van der Waals surface area contributed by atoms with Gasteiger partial charge in [-0.3, -0.25) is 9.69 Å². The maximum atomic E-state index is 11.6. The van der Waals surface area contributed by atoms with Crippen molar-refractivity contribution >= 4 is 11.6 Å². The summed E-state index contributed by atoms with van der Waals surface area (Å²) >= 11 is 0. The Balaban J connectivity index is 2.17. The number of benzene rings is 1. The molecular formula is C14H20N2O2. The highest BCUT2D eigenvalue weighted by Crippen LogP contribution is 2.30. The Labute approximate surface area is 108 Å². The van der Waals surface area contributed by atoms with E-state index in [0.717, 1.165) is 18.0 Å². The van der Waals surface area contributed by atoms with E-state index in [2.05, 4.69) is 31.1 Å². The van der Waals surface area contributed by atoms with Gasteiger partial charge in [-0.1, -0.05) is 6.07 Å². The predicted octanol–water partition coefficient (Wildman–Crippen LogP) is 2.25. The lowest BCUT2D eigenvalue weighted by Crippen LogP contribution is -2.34. The smallest absolute Gasteiger partial charge is 0.265 e. The molecule has 0 fully saturated rings. The summed E-state index contributed by atoms with van der Waals surface area (Å²) in [6.45, 7) is 6.92. The van der Waals surface area contributed by atoms with Gasteiger partial charge in [-0.05, 0) is 45.5 Å². The largest absolute Gasteiger partial charge is 0.479 e. The summed E-state index contributed by atoms with van der Waals surface area (Å²) in [4.78, 5) is 13.8. The number of ether oxygens (including phenoxy) is 1. The lowest BCUT2D eigenvalue weighted by atomic mass is 10.1. The van der Waals surface area contributed by atoms with E-state index in [9.17, 15) is 4.79 Å². The van der Waals surface area contributed by atoms with Crippen LogP contribution in [0.3, 0.4) is 0 Å². The molecule has 0 spiro atoms. The molecule has 1 atom stereocenters. The van der Waals surface area contributed by atoms with Gasteiger partial charge in [-0.25, -0.2) is 0 Å². The Hall–Kier alpha value is -1.55. The molecule has 4 heteroatoms. The Morgan fingerprint density at radius 3 is 2.83 bits per heavy atom. The van der Waals surface area contributed by atoms with Crippen molar-refractivity contribution in [1.29, 1.82) is 0 Å². The SMILES string of the molecule is CC1Oc2ccc(CN(C)C(C)C)cc2NC1=O. The number of fused-ring (bicyclic) bond motifs is 1. The Morgan fingerprint density at radius 1 is 1.44 bits per heavy atom. The first-order valence-corrected chi connectivity index (χ1v) is 6.28. The Morgan fingerprint density at radius 2 is 2.17 bits per heavy atom. The molecule has 18 heavy (non-hydrogen) atoms. The zero-order valence-corrected chi connectivity index (χ0v) is 11.4. The minimum Gasteiger partial charge on any atom is -0.479 e. The molecule has 1 N–H and O–H groups in total. The van der Waals surface area contributed by atoms with Crippen molar-refractivity contribution in [2.45, 2.75) is 39.5 Å². The number of carbonyl (C=O) groups excluding carboxylic acids is 1. The van der Waals surface area contributed by atoms with Gasteiger partial charge in [0.25, 0.3) is 5.91 Å². The predicted molar refractivity (Wildman–Crippen MR) is 71.8 cm³/mol. The van der Waals surface area contributed by atoms with E-state index in [-0.39, 0.29) is 5.91 Å². The molecule has 4 nitrogen and oxygen atoms in total. The van der Waals surface area contributed by atoms with E-state index in [1.165, 1.54) is 5.56 Å². The van der Waals surface area contributed by atoms with Crippen LogP contribution in [0.5, 0.6) is 5.75 Å². The van der Waals surface area contributed by atoms with E-state index >= 15 is 0 Å². The molecule has 2 rings (SSSR count). The van der Waals surface area contributed by atoms with Crippen molar-refractivity contribution < 1.29 is 9.53 Å². The van der Waals surface area contributed by atoms with Crippen LogP contribution < -0.4 is 10.1 Å². The minimum atomic E-state index is -0.415. The quantitative estimate of drug-likeness (QED) is 0.892. The maximum absolute atomic E-state index is 11.6. The summed E-state index contributed by atoms with van der Waals surface area (Å²) in [7, 11) is 2.08. The molecule has 1 aliphatic rings. The van der Waals surface area contributed by atoms with Crippen molar-refractivity contribution in [3.05, 3.63) is 23.8 Å². The molecule has 0 bridgehead atoms. The molecule has 0 saturated heterocycles. The lowest BCUT2D eigenvalue weighted by molar-refractivity contribution is -0.122. The van der Waals surface area contributed by atoms with Crippen LogP contribution in [0.1, 0.15) is 26.3 Å². The second-order valence-electron chi connectivity index (χ2n) is 5.09. The average molecular weight is 248 g/mol.